The SMILES string of the molecule is CCS(=O)(=O)c1ccc(C(=O)Nc2cc(C(F)(F)F)ccc2F)cc1. The first-order valence-electron chi connectivity index (χ1n) is 7.05. The number of amides is 1. The fraction of sp³-hybridized carbons (Fsp3) is 0.188. The van der Waals surface area contributed by atoms with Crippen LogP contribution in [0.25, 0.3) is 0 Å². The molecule has 0 bridgehead atoms. The number of benzene rings is 2. The molecular weight excluding hydrogens is 362 g/mol. The standard InChI is InChI=1S/C16H13F4NO3S/c1-2-25(23,24)12-6-3-10(4-7-12)15(22)21-14-9-11(16(18,19)20)5-8-13(14)17/h3-9H,2H2,1H3,(H,21,22). The quantitative estimate of drug-likeness (QED) is 0.825. The molecule has 0 fully saturated rings. The van der Waals surface area contributed by atoms with Crippen LogP contribution in [0.4, 0.5) is 23.2 Å². The van der Waals surface area contributed by atoms with Crippen molar-refractivity contribution in [1.82, 2.24) is 0 Å². The Labute approximate surface area is 141 Å². The predicted molar refractivity (Wildman–Crippen MR) is 83.5 cm³/mol. The van der Waals surface area contributed by atoms with Crippen LogP contribution in [0.1, 0.15) is 22.8 Å². The molecule has 0 saturated heterocycles. The zero-order chi connectivity index (χ0) is 18.8. The van der Waals surface area contributed by atoms with Crippen molar-refractivity contribution in [3.8, 4) is 0 Å². The molecule has 134 valence electrons. The van der Waals surface area contributed by atoms with Gasteiger partial charge in [-0.25, -0.2) is 12.8 Å². The highest BCUT2D eigenvalue weighted by atomic mass is 32.2. The number of sulfone groups is 1. The van der Waals surface area contributed by atoms with Gasteiger partial charge in [0.1, 0.15) is 5.82 Å². The molecule has 2 aromatic carbocycles. The maximum atomic E-state index is 13.6. The van der Waals surface area contributed by atoms with E-state index in [1.807, 2.05) is 5.32 Å². The molecule has 4 nitrogen and oxygen atoms in total. The Morgan fingerprint density at radius 3 is 2.20 bits per heavy atom. The average molecular weight is 375 g/mol. The number of carbonyl (C=O) groups is 1. The molecule has 1 amide bonds. The minimum Gasteiger partial charge on any atom is -0.319 e. The van der Waals surface area contributed by atoms with E-state index >= 15 is 0 Å². The number of nitrogens with one attached hydrogen (secondary N) is 1. The second-order valence-corrected chi connectivity index (χ2v) is 7.35. The van der Waals surface area contributed by atoms with E-state index in [9.17, 15) is 30.8 Å². The first kappa shape index (κ1) is 18.9. The summed E-state index contributed by atoms with van der Waals surface area (Å²) >= 11 is 0. The minimum atomic E-state index is -4.68. The van der Waals surface area contributed by atoms with E-state index in [1.54, 1.807) is 0 Å². The van der Waals surface area contributed by atoms with E-state index in [0.717, 1.165) is 0 Å². The van der Waals surface area contributed by atoms with Crippen molar-refractivity contribution in [1.29, 1.82) is 0 Å². The fourth-order valence-electron chi connectivity index (χ4n) is 1.97. The number of halogens is 4. The summed E-state index contributed by atoms with van der Waals surface area (Å²) in [6, 6.07) is 6.47. The highest BCUT2D eigenvalue weighted by Crippen LogP contribution is 2.32. The van der Waals surface area contributed by atoms with Crippen molar-refractivity contribution in [2.24, 2.45) is 0 Å². The Kier molecular flexibility index (Phi) is 5.17. The third kappa shape index (κ3) is 4.36. The summed E-state index contributed by atoms with van der Waals surface area (Å²) in [5.74, 6) is -2.00. The third-order valence-corrected chi connectivity index (χ3v) is 5.15. The van der Waals surface area contributed by atoms with Crippen LogP contribution in [-0.2, 0) is 16.0 Å². The molecule has 0 unspecified atom stereocenters. The van der Waals surface area contributed by atoms with Gasteiger partial charge in [-0.2, -0.15) is 13.2 Å². The van der Waals surface area contributed by atoms with E-state index in [4.69, 9.17) is 0 Å². The molecule has 2 rings (SSSR count). The molecule has 0 radical (unpaired) electrons. The minimum absolute atomic E-state index is 0.0109. The molecule has 0 aliphatic heterocycles. The second kappa shape index (κ2) is 6.83. The fourth-order valence-corrected chi connectivity index (χ4v) is 2.86. The number of hydrogen-bond acceptors (Lipinski definition) is 3. The first-order valence-corrected chi connectivity index (χ1v) is 8.70. The molecule has 0 heterocycles. The van der Waals surface area contributed by atoms with Crippen LogP contribution in [0.2, 0.25) is 0 Å². The lowest BCUT2D eigenvalue weighted by molar-refractivity contribution is -0.137. The van der Waals surface area contributed by atoms with E-state index < -0.39 is 39.0 Å². The molecule has 0 saturated carbocycles. The summed E-state index contributed by atoms with van der Waals surface area (Å²) in [4.78, 5) is 12.1. The summed E-state index contributed by atoms with van der Waals surface area (Å²) in [6.45, 7) is 1.46. The number of hydrogen-bond donors (Lipinski definition) is 1. The highest BCUT2D eigenvalue weighted by Gasteiger charge is 2.31. The van der Waals surface area contributed by atoms with Crippen molar-refractivity contribution >= 4 is 21.4 Å². The Balaban J connectivity index is 2.26. The van der Waals surface area contributed by atoms with Crippen molar-refractivity contribution in [3.05, 3.63) is 59.4 Å². The first-order chi connectivity index (χ1) is 11.5. The molecule has 2 aromatic rings. The van der Waals surface area contributed by atoms with Gasteiger partial charge in [0.25, 0.3) is 5.91 Å². The molecule has 0 aliphatic rings. The lowest BCUT2D eigenvalue weighted by atomic mass is 10.1. The summed E-state index contributed by atoms with van der Waals surface area (Å²) < 4.78 is 75.0. The van der Waals surface area contributed by atoms with Gasteiger partial charge in [-0.3, -0.25) is 4.79 Å². The Morgan fingerprint density at radius 1 is 1.08 bits per heavy atom. The van der Waals surface area contributed by atoms with Gasteiger partial charge in [0.15, 0.2) is 9.84 Å². The second-order valence-electron chi connectivity index (χ2n) is 5.07. The van der Waals surface area contributed by atoms with Crippen molar-refractivity contribution in [3.63, 3.8) is 0 Å². The van der Waals surface area contributed by atoms with Gasteiger partial charge in [-0.1, -0.05) is 6.92 Å². The summed E-state index contributed by atoms with van der Waals surface area (Å²) in [7, 11) is -3.44. The smallest absolute Gasteiger partial charge is 0.319 e. The number of rotatable bonds is 4. The molecule has 1 N–H and O–H groups in total. The lowest BCUT2D eigenvalue weighted by Gasteiger charge is -2.11. The third-order valence-electron chi connectivity index (χ3n) is 3.40. The van der Waals surface area contributed by atoms with Crippen LogP contribution in [0.3, 0.4) is 0 Å². The Bertz CT molecular complexity index is 891. The zero-order valence-electron chi connectivity index (χ0n) is 12.9. The van der Waals surface area contributed by atoms with E-state index in [2.05, 4.69) is 0 Å². The van der Waals surface area contributed by atoms with Crippen LogP contribution in [-0.4, -0.2) is 20.1 Å². The van der Waals surface area contributed by atoms with Crippen LogP contribution in [0.5, 0.6) is 0 Å². The van der Waals surface area contributed by atoms with Crippen LogP contribution in [0.15, 0.2) is 47.4 Å². The lowest BCUT2D eigenvalue weighted by Crippen LogP contribution is -2.15. The maximum absolute atomic E-state index is 13.6. The monoisotopic (exact) mass is 375 g/mol. The zero-order valence-corrected chi connectivity index (χ0v) is 13.7. The molecule has 25 heavy (non-hydrogen) atoms. The van der Waals surface area contributed by atoms with Gasteiger partial charge in [-0.15, -0.1) is 0 Å². The van der Waals surface area contributed by atoms with Crippen molar-refractivity contribution in [2.75, 3.05) is 11.1 Å². The van der Waals surface area contributed by atoms with Gasteiger partial charge in [0, 0.05) is 5.56 Å². The summed E-state index contributed by atoms with van der Waals surface area (Å²) in [5.41, 5.74) is -1.74. The Hall–Kier alpha value is -2.42. The number of carbonyl (C=O) groups excluding carboxylic acids is 1. The van der Waals surface area contributed by atoms with Gasteiger partial charge >= 0.3 is 6.18 Å². The van der Waals surface area contributed by atoms with Crippen LogP contribution < -0.4 is 5.32 Å². The summed E-state index contributed by atoms with van der Waals surface area (Å²) in [5, 5.41) is 2.05. The maximum Gasteiger partial charge on any atom is 0.416 e. The van der Waals surface area contributed by atoms with E-state index in [1.165, 1.54) is 31.2 Å². The molecule has 9 heteroatoms. The molecular formula is C16H13F4NO3S. The molecule has 0 aromatic heterocycles. The van der Waals surface area contributed by atoms with Crippen molar-refractivity contribution < 1.29 is 30.8 Å². The normalized spacial score (nSPS) is 12.0. The largest absolute Gasteiger partial charge is 0.416 e. The van der Waals surface area contributed by atoms with E-state index in [-0.39, 0.29) is 16.2 Å². The number of alkyl halides is 3. The van der Waals surface area contributed by atoms with Gasteiger partial charge in [0.05, 0.1) is 21.9 Å². The summed E-state index contributed by atoms with van der Waals surface area (Å²) in [6.07, 6.45) is -4.68. The van der Waals surface area contributed by atoms with Crippen LogP contribution >= 0.6 is 0 Å². The van der Waals surface area contributed by atoms with Crippen LogP contribution in [0, 0.1) is 5.82 Å². The molecule has 0 atom stereocenters. The highest BCUT2D eigenvalue weighted by molar-refractivity contribution is 7.91. The van der Waals surface area contributed by atoms with Crippen molar-refractivity contribution in [2.45, 2.75) is 18.0 Å². The Morgan fingerprint density at radius 2 is 1.68 bits per heavy atom. The molecule has 0 aliphatic carbocycles. The predicted octanol–water partition coefficient (Wildman–Crippen LogP) is 3.89. The van der Waals surface area contributed by atoms with Gasteiger partial charge in [0.2, 0.25) is 0 Å². The van der Waals surface area contributed by atoms with Gasteiger partial charge < -0.3 is 5.32 Å². The average Bonchev–Trinajstić information content (AvgIpc) is 2.56. The van der Waals surface area contributed by atoms with E-state index in [0.29, 0.717) is 18.2 Å². The topological polar surface area (TPSA) is 63.2 Å². The molecule has 0 spiro atoms. The van der Waals surface area contributed by atoms with Gasteiger partial charge in [-0.05, 0) is 42.5 Å². The number of anilines is 1.